The Balaban J connectivity index is 1.78. The van der Waals surface area contributed by atoms with Gasteiger partial charge in [0.05, 0.1) is 6.04 Å². The van der Waals surface area contributed by atoms with Crippen molar-refractivity contribution in [3.05, 3.63) is 117 Å². The molecule has 0 fully saturated rings. The van der Waals surface area contributed by atoms with Crippen LogP contribution in [0.3, 0.4) is 0 Å². The minimum atomic E-state index is -0.566. The number of hydrogen-bond acceptors (Lipinski definition) is 4. The number of amides is 1. The Morgan fingerprint density at radius 1 is 0.941 bits per heavy atom. The van der Waals surface area contributed by atoms with Crippen molar-refractivity contribution in [3.8, 4) is 5.75 Å². The molecule has 34 heavy (non-hydrogen) atoms. The third kappa shape index (κ3) is 3.61. The zero-order valence-corrected chi connectivity index (χ0v) is 19.3. The summed E-state index contributed by atoms with van der Waals surface area (Å²) in [4.78, 5) is 27.3. The molecule has 1 aliphatic heterocycles. The smallest absolute Gasteiger partial charge is 0.278 e. The van der Waals surface area contributed by atoms with Crippen molar-refractivity contribution in [2.24, 2.45) is 0 Å². The number of fused-ring (bicyclic) bond motifs is 2. The zero-order chi connectivity index (χ0) is 23.8. The van der Waals surface area contributed by atoms with Crippen molar-refractivity contribution in [2.75, 3.05) is 11.7 Å². The van der Waals surface area contributed by atoms with Gasteiger partial charge in [0.1, 0.15) is 6.67 Å². The van der Waals surface area contributed by atoms with E-state index >= 15 is 0 Å². The fraction of sp³-hybridized carbons (Fsp3) is 0.214. The minimum absolute atomic E-state index is 0.00684. The number of carbonyl (C=O) groups excluding carboxylic acids is 1. The Labute approximate surface area is 198 Å². The molecule has 0 bridgehead atoms. The van der Waals surface area contributed by atoms with E-state index in [2.05, 4.69) is 48.6 Å². The van der Waals surface area contributed by atoms with Gasteiger partial charge in [-0.15, -0.1) is 0 Å². The van der Waals surface area contributed by atoms with Crippen molar-refractivity contribution in [1.29, 1.82) is 0 Å². The first-order valence-electron chi connectivity index (χ1n) is 11.5. The van der Waals surface area contributed by atoms with Crippen molar-refractivity contribution >= 4 is 12.0 Å². The maximum atomic E-state index is 13.3. The summed E-state index contributed by atoms with van der Waals surface area (Å²) in [5.41, 5.74) is 3.92. The van der Waals surface area contributed by atoms with Gasteiger partial charge in [-0.1, -0.05) is 72.8 Å². The van der Waals surface area contributed by atoms with Gasteiger partial charge in [0.15, 0.2) is 11.4 Å². The highest BCUT2D eigenvalue weighted by atomic mass is 16.3. The van der Waals surface area contributed by atoms with Crippen LogP contribution in [-0.4, -0.2) is 33.3 Å². The quantitative estimate of drug-likeness (QED) is 0.642. The highest BCUT2D eigenvalue weighted by molar-refractivity contribution is 5.96. The molecule has 0 saturated heterocycles. The second-order valence-electron chi connectivity index (χ2n) is 8.90. The Bertz CT molecular complexity index is 1360. The van der Waals surface area contributed by atoms with E-state index in [1.165, 1.54) is 11.6 Å². The van der Waals surface area contributed by atoms with Crippen LogP contribution in [0.2, 0.25) is 0 Å². The molecule has 1 amide bonds. The summed E-state index contributed by atoms with van der Waals surface area (Å²) in [6.07, 6.45) is 10.8. The third-order valence-corrected chi connectivity index (χ3v) is 6.50. The van der Waals surface area contributed by atoms with Gasteiger partial charge in [0, 0.05) is 18.3 Å². The van der Waals surface area contributed by atoms with Gasteiger partial charge in [-0.25, -0.2) is 0 Å². The van der Waals surface area contributed by atoms with Gasteiger partial charge in [-0.05, 0) is 42.5 Å². The molecule has 0 radical (unpaired) electrons. The van der Waals surface area contributed by atoms with E-state index in [0.29, 0.717) is 6.67 Å². The average molecular weight is 454 g/mol. The molecule has 1 N–H and O–H groups in total. The van der Waals surface area contributed by atoms with E-state index in [9.17, 15) is 14.7 Å². The number of nitrogens with zero attached hydrogens (tertiary/aromatic N) is 3. The molecule has 1 unspecified atom stereocenters. The van der Waals surface area contributed by atoms with Crippen LogP contribution in [0.5, 0.6) is 5.75 Å². The fourth-order valence-electron chi connectivity index (χ4n) is 4.78. The SMILES string of the molecule is CC(C)N1CN(C(c2ccccc2)c2cccc3c2C=CC=CC3)n2ccc(=O)c(O)c2C1=O. The Morgan fingerprint density at radius 3 is 2.50 bits per heavy atom. The summed E-state index contributed by atoms with van der Waals surface area (Å²) in [6.45, 7) is 4.17. The predicted molar refractivity (Wildman–Crippen MR) is 133 cm³/mol. The second-order valence-corrected chi connectivity index (χ2v) is 8.90. The van der Waals surface area contributed by atoms with E-state index in [-0.39, 0.29) is 23.7 Å². The normalized spacial score (nSPS) is 15.8. The van der Waals surface area contributed by atoms with Crippen LogP contribution in [0, 0.1) is 0 Å². The number of benzene rings is 2. The number of aromatic nitrogens is 1. The summed E-state index contributed by atoms with van der Waals surface area (Å²) in [5, 5.41) is 12.7. The summed E-state index contributed by atoms with van der Waals surface area (Å²) < 4.78 is 1.65. The average Bonchev–Trinajstić information content (AvgIpc) is 3.09. The Hall–Kier alpha value is -4.06. The fourth-order valence-corrected chi connectivity index (χ4v) is 4.78. The lowest BCUT2D eigenvalue weighted by Crippen LogP contribution is -2.57. The topological polar surface area (TPSA) is 65.8 Å². The Morgan fingerprint density at radius 2 is 1.74 bits per heavy atom. The van der Waals surface area contributed by atoms with E-state index in [1.54, 1.807) is 15.8 Å². The van der Waals surface area contributed by atoms with E-state index in [4.69, 9.17) is 0 Å². The summed E-state index contributed by atoms with van der Waals surface area (Å²) in [7, 11) is 0. The van der Waals surface area contributed by atoms with Gasteiger partial charge < -0.3 is 10.0 Å². The van der Waals surface area contributed by atoms with Crippen molar-refractivity contribution in [2.45, 2.75) is 32.4 Å². The van der Waals surface area contributed by atoms with Crippen molar-refractivity contribution in [1.82, 2.24) is 9.58 Å². The molecule has 3 aromatic rings. The standard InChI is InChI=1S/C28H27N3O3/c1-19(2)29-18-31(30-17-16-24(32)27(33)26(30)28(29)34)25(21-11-6-3-7-12-21)23-15-9-13-20-10-5-4-8-14-22(20)23/h3-9,11-17,19,25,33H,10,18H2,1-2H3. The molecule has 2 aliphatic rings. The van der Waals surface area contributed by atoms with Gasteiger partial charge in [-0.2, -0.15) is 0 Å². The minimum Gasteiger partial charge on any atom is -0.502 e. The van der Waals surface area contributed by atoms with E-state index in [1.807, 2.05) is 43.1 Å². The van der Waals surface area contributed by atoms with Gasteiger partial charge in [0.2, 0.25) is 5.43 Å². The lowest BCUT2D eigenvalue weighted by atomic mass is 9.90. The first-order valence-corrected chi connectivity index (χ1v) is 11.5. The molecule has 0 spiro atoms. The molecule has 1 aliphatic carbocycles. The molecule has 6 heteroatoms. The monoisotopic (exact) mass is 453 g/mol. The maximum absolute atomic E-state index is 13.3. The first kappa shape index (κ1) is 21.8. The third-order valence-electron chi connectivity index (χ3n) is 6.50. The van der Waals surface area contributed by atoms with E-state index < -0.39 is 11.2 Å². The highest BCUT2D eigenvalue weighted by Gasteiger charge is 2.38. The lowest BCUT2D eigenvalue weighted by molar-refractivity contribution is 0.0621. The first-order chi connectivity index (χ1) is 16.5. The maximum Gasteiger partial charge on any atom is 0.278 e. The zero-order valence-electron chi connectivity index (χ0n) is 19.3. The van der Waals surface area contributed by atoms with Crippen LogP contribution < -0.4 is 10.4 Å². The molecule has 1 aromatic heterocycles. The number of rotatable bonds is 4. The summed E-state index contributed by atoms with van der Waals surface area (Å²) >= 11 is 0. The predicted octanol–water partition coefficient (Wildman–Crippen LogP) is 4.23. The Kier molecular flexibility index (Phi) is 5.57. The lowest BCUT2D eigenvalue weighted by Gasteiger charge is -2.45. The molecule has 0 saturated carbocycles. The second kappa shape index (κ2) is 8.71. The van der Waals surface area contributed by atoms with Crippen molar-refractivity contribution < 1.29 is 9.90 Å². The molecule has 172 valence electrons. The van der Waals surface area contributed by atoms with Crippen molar-refractivity contribution in [3.63, 3.8) is 0 Å². The van der Waals surface area contributed by atoms with Gasteiger partial charge in [0.25, 0.3) is 5.91 Å². The highest BCUT2D eigenvalue weighted by Crippen LogP contribution is 2.36. The molecule has 6 nitrogen and oxygen atoms in total. The molecule has 1 atom stereocenters. The summed E-state index contributed by atoms with van der Waals surface area (Å²) in [5.74, 6) is -0.880. The van der Waals surface area contributed by atoms with Crippen LogP contribution in [0.15, 0.2) is 83.8 Å². The molecular formula is C28H27N3O3. The number of hydrogen-bond donors (Lipinski definition) is 1. The van der Waals surface area contributed by atoms with Crippen LogP contribution >= 0.6 is 0 Å². The molecular weight excluding hydrogens is 426 g/mol. The number of carbonyl (C=O) groups is 1. The number of pyridine rings is 1. The van der Waals surface area contributed by atoms with Crippen LogP contribution in [0.4, 0.5) is 0 Å². The van der Waals surface area contributed by atoms with E-state index in [0.717, 1.165) is 23.1 Å². The van der Waals surface area contributed by atoms with Crippen LogP contribution in [0.25, 0.3) is 6.08 Å². The van der Waals surface area contributed by atoms with Crippen LogP contribution in [0.1, 0.15) is 52.6 Å². The molecule has 2 heterocycles. The number of aromatic hydroxyl groups is 1. The molecule has 2 aromatic carbocycles. The number of allylic oxidation sites excluding steroid dienone is 3. The van der Waals surface area contributed by atoms with Gasteiger partial charge >= 0.3 is 0 Å². The van der Waals surface area contributed by atoms with Crippen LogP contribution in [-0.2, 0) is 6.42 Å². The largest absolute Gasteiger partial charge is 0.502 e. The molecule has 5 rings (SSSR count). The summed E-state index contributed by atoms with van der Waals surface area (Å²) in [6, 6.07) is 17.4. The van der Waals surface area contributed by atoms with Gasteiger partial charge in [-0.3, -0.25) is 19.3 Å².